The third kappa shape index (κ3) is 3.81. The van der Waals surface area contributed by atoms with E-state index in [1.165, 1.54) is 12.1 Å². The van der Waals surface area contributed by atoms with Gasteiger partial charge in [-0.05, 0) is 36.4 Å². The molecule has 2 aromatic carbocycles. The number of hydrogen-bond acceptors (Lipinski definition) is 1. The number of rotatable bonds is 2. The summed E-state index contributed by atoms with van der Waals surface area (Å²) in [4.78, 5) is 11.9. The van der Waals surface area contributed by atoms with Gasteiger partial charge in [-0.25, -0.2) is 4.39 Å². The Kier molecular flexibility index (Phi) is 4.32. The summed E-state index contributed by atoms with van der Waals surface area (Å²) in [6.07, 6.45) is -4.61. The standard InChI is InChI=1S/C14H8BrF4NO/c15-10-3-1-2-8(6-10)13(21)20-12-7-9(14(17,18)19)4-5-11(12)16/h1-7H,(H,20,21). The average Bonchev–Trinajstić information content (AvgIpc) is 2.40. The Morgan fingerprint density at radius 2 is 1.81 bits per heavy atom. The fourth-order valence-electron chi connectivity index (χ4n) is 1.62. The molecule has 0 spiro atoms. The van der Waals surface area contributed by atoms with Gasteiger partial charge >= 0.3 is 6.18 Å². The summed E-state index contributed by atoms with van der Waals surface area (Å²) in [6, 6.07) is 8.05. The molecule has 0 saturated heterocycles. The van der Waals surface area contributed by atoms with Crippen LogP contribution in [0.5, 0.6) is 0 Å². The van der Waals surface area contributed by atoms with E-state index in [0.717, 1.165) is 0 Å². The monoisotopic (exact) mass is 361 g/mol. The SMILES string of the molecule is O=C(Nc1cc(C(F)(F)F)ccc1F)c1cccc(Br)c1. The largest absolute Gasteiger partial charge is 0.416 e. The first-order chi connectivity index (χ1) is 9.77. The molecule has 0 atom stereocenters. The summed E-state index contributed by atoms with van der Waals surface area (Å²) in [7, 11) is 0. The molecule has 7 heteroatoms. The Hall–Kier alpha value is -1.89. The molecule has 0 aliphatic heterocycles. The van der Waals surface area contributed by atoms with Crippen molar-refractivity contribution in [1.82, 2.24) is 0 Å². The third-order valence-electron chi connectivity index (χ3n) is 2.63. The highest BCUT2D eigenvalue weighted by atomic mass is 79.9. The van der Waals surface area contributed by atoms with Gasteiger partial charge in [0.1, 0.15) is 5.82 Å². The Morgan fingerprint density at radius 3 is 2.43 bits per heavy atom. The van der Waals surface area contributed by atoms with E-state index < -0.39 is 29.2 Å². The second kappa shape index (κ2) is 5.85. The van der Waals surface area contributed by atoms with E-state index in [0.29, 0.717) is 22.7 Å². The minimum atomic E-state index is -4.61. The van der Waals surface area contributed by atoms with E-state index in [4.69, 9.17) is 0 Å². The first-order valence-electron chi connectivity index (χ1n) is 5.71. The van der Waals surface area contributed by atoms with Gasteiger partial charge in [0.25, 0.3) is 5.91 Å². The third-order valence-corrected chi connectivity index (χ3v) is 3.12. The zero-order valence-corrected chi connectivity index (χ0v) is 11.9. The second-order valence-electron chi connectivity index (χ2n) is 4.16. The van der Waals surface area contributed by atoms with Crippen LogP contribution in [-0.4, -0.2) is 5.91 Å². The van der Waals surface area contributed by atoms with Gasteiger partial charge in [0, 0.05) is 10.0 Å². The van der Waals surface area contributed by atoms with Crippen molar-refractivity contribution < 1.29 is 22.4 Å². The predicted molar refractivity (Wildman–Crippen MR) is 73.5 cm³/mol. The van der Waals surface area contributed by atoms with E-state index in [-0.39, 0.29) is 5.56 Å². The van der Waals surface area contributed by atoms with E-state index >= 15 is 0 Å². The van der Waals surface area contributed by atoms with E-state index in [2.05, 4.69) is 21.2 Å². The molecular weight excluding hydrogens is 354 g/mol. The summed E-state index contributed by atoms with van der Waals surface area (Å²) in [5.41, 5.74) is -1.36. The van der Waals surface area contributed by atoms with E-state index in [1.54, 1.807) is 12.1 Å². The van der Waals surface area contributed by atoms with Crippen molar-refractivity contribution in [3.63, 3.8) is 0 Å². The van der Waals surface area contributed by atoms with Crippen LogP contribution in [0.25, 0.3) is 0 Å². The minimum absolute atomic E-state index is 0.196. The number of alkyl halides is 3. The highest BCUT2D eigenvalue weighted by Crippen LogP contribution is 2.32. The first-order valence-corrected chi connectivity index (χ1v) is 6.50. The molecule has 2 nitrogen and oxygen atoms in total. The molecule has 0 heterocycles. The summed E-state index contributed by atoms with van der Waals surface area (Å²) >= 11 is 3.17. The lowest BCUT2D eigenvalue weighted by molar-refractivity contribution is -0.137. The predicted octanol–water partition coefficient (Wildman–Crippen LogP) is 4.86. The summed E-state index contributed by atoms with van der Waals surface area (Å²) in [6.45, 7) is 0. The number of carbonyl (C=O) groups excluding carboxylic acids is 1. The fraction of sp³-hybridized carbons (Fsp3) is 0.0714. The highest BCUT2D eigenvalue weighted by molar-refractivity contribution is 9.10. The van der Waals surface area contributed by atoms with Crippen LogP contribution in [0, 0.1) is 5.82 Å². The molecule has 110 valence electrons. The Bertz CT molecular complexity index is 685. The van der Waals surface area contributed by atoms with Crippen LogP contribution in [0.15, 0.2) is 46.9 Å². The lowest BCUT2D eigenvalue weighted by Crippen LogP contribution is -2.14. The smallest absolute Gasteiger partial charge is 0.319 e. The summed E-state index contributed by atoms with van der Waals surface area (Å²) in [5.74, 6) is -1.64. The number of nitrogens with one attached hydrogen (secondary N) is 1. The molecule has 2 aromatic rings. The van der Waals surface area contributed by atoms with Crippen LogP contribution < -0.4 is 5.32 Å². The quantitative estimate of drug-likeness (QED) is 0.760. The first kappa shape index (κ1) is 15.5. The minimum Gasteiger partial charge on any atom is -0.319 e. The van der Waals surface area contributed by atoms with Crippen molar-refractivity contribution >= 4 is 27.5 Å². The van der Waals surface area contributed by atoms with Gasteiger partial charge < -0.3 is 5.32 Å². The number of carbonyl (C=O) groups is 1. The van der Waals surface area contributed by atoms with E-state index in [9.17, 15) is 22.4 Å². The van der Waals surface area contributed by atoms with Crippen molar-refractivity contribution in [2.24, 2.45) is 0 Å². The lowest BCUT2D eigenvalue weighted by Gasteiger charge is -2.11. The number of hydrogen-bond donors (Lipinski definition) is 1. The van der Waals surface area contributed by atoms with Crippen LogP contribution in [-0.2, 0) is 6.18 Å². The summed E-state index contributed by atoms with van der Waals surface area (Å²) in [5, 5.41) is 2.13. The molecule has 0 radical (unpaired) electrons. The maximum absolute atomic E-state index is 13.5. The van der Waals surface area contributed by atoms with Crippen LogP contribution >= 0.6 is 15.9 Å². The maximum Gasteiger partial charge on any atom is 0.416 e. The molecule has 0 unspecified atom stereocenters. The van der Waals surface area contributed by atoms with Gasteiger partial charge in [0.15, 0.2) is 0 Å². The van der Waals surface area contributed by atoms with Gasteiger partial charge in [0.2, 0.25) is 0 Å². The molecule has 0 aliphatic carbocycles. The van der Waals surface area contributed by atoms with Crippen LogP contribution in [0.4, 0.5) is 23.2 Å². The summed E-state index contributed by atoms with van der Waals surface area (Å²) < 4.78 is 51.9. The zero-order valence-electron chi connectivity index (χ0n) is 10.3. The topological polar surface area (TPSA) is 29.1 Å². The zero-order chi connectivity index (χ0) is 15.6. The Morgan fingerprint density at radius 1 is 1.10 bits per heavy atom. The van der Waals surface area contributed by atoms with Gasteiger partial charge in [-0.15, -0.1) is 0 Å². The molecule has 1 amide bonds. The molecule has 0 saturated carbocycles. The molecule has 2 rings (SSSR count). The average molecular weight is 362 g/mol. The van der Waals surface area contributed by atoms with Crippen LogP contribution in [0.2, 0.25) is 0 Å². The number of anilines is 1. The molecule has 0 fully saturated rings. The maximum atomic E-state index is 13.5. The molecule has 0 aromatic heterocycles. The van der Waals surface area contributed by atoms with E-state index in [1.807, 2.05) is 0 Å². The number of benzene rings is 2. The normalized spacial score (nSPS) is 11.3. The van der Waals surface area contributed by atoms with Gasteiger partial charge in [-0.2, -0.15) is 13.2 Å². The molecule has 0 bridgehead atoms. The van der Waals surface area contributed by atoms with Crippen molar-refractivity contribution in [2.75, 3.05) is 5.32 Å². The van der Waals surface area contributed by atoms with Crippen molar-refractivity contribution in [3.05, 3.63) is 63.9 Å². The highest BCUT2D eigenvalue weighted by Gasteiger charge is 2.31. The Balaban J connectivity index is 2.29. The Labute approximate surface area is 125 Å². The fourth-order valence-corrected chi connectivity index (χ4v) is 2.02. The second-order valence-corrected chi connectivity index (χ2v) is 5.07. The van der Waals surface area contributed by atoms with Gasteiger partial charge in [-0.1, -0.05) is 22.0 Å². The number of amides is 1. The molecule has 1 N–H and O–H groups in total. The molecular formula is C14H8BrF4NO. The van der Waals surface area contributed by atoms with Crippen molar-refractivity contribution in [2.45, 2.75) is 6.18 Å². The number of halogens is 5. The molecule has 21 heavy (non-hydrogen) atoms. The van der Waals surface area contributed by atoms with Crippen molar-refractivity contribution in [1.29, 1.82) is 0 Å². The molecule has 0 aliphatic rings. The van der Waals surface area contributed by atoms with Crippen LogP contribution in [0.3, 0.4) is 0 Å². The van der Waals surface area contributed by atoms with Gasteiger partial charge in [-0.3, -0.25) is 4.79 Å². The van der Waals surface area contributed by atoms with Gasteiger partial charge in [0.05, 0.1) is 11.3 Å². The van der Waals surface area contributed by atoms with Crippen molar-refractivity contribution in [3.8, 4) is 0 Å². The van der Waals surface area contributed by atoms with Crippen LogP contribution in [0.1, 0.15) is 15.9 Å². The lowest BCUT2D eigenvalue weighted by atomic mass is 10.1.